The number of rotatable bonds is 9. The summed E-state index contributed by atoms with van der Waals surface area (Å²) in [4.78, 5) is 28.4. The molecule has 198 valence electrons. The van der Waals surface area contributed by atoms with Crippen LogP contribution >= 0.6 is 0 Å². The lowest BCUT2D eigenvalue weighted by atomic mass is 10.0. The fraction of sp³-hybridized carbons (Fsp3) is 0.370. The molecule has 0 amide bonds. The second-order valence-electron chi connectivity index (χ2n) is 9.07. The van der Waals surface area contributed by atoms with Gasteiger partial charge in [0.15, 0.2) is 0 Å². The number of carbonyl (C=O) groups is 2. The molecular weight excluding hydrogens is 494 g/mol. The number of ether oxygens (including phenoxy) is 2. The number of hydrogen-bond acceptors (Lipinski definition) is 8. The van der Waals surface area contributed by atoms with Crippen LogP contribution in [0, 0.1) is 27.7 Å². The first-order valence-corrected chi connectivity index (χ1v) is 13.3. The number of nitrogens with one attached hydrogen (secondary N) is 1. The highest BCUT2D eigenvalue weighted by atomic mass is 32.2. The van der Waals surface area contributed by atoms with E-state index in [2.05, 4.69) is 10.3 Å². The molecule has 2 aromatic heterocycles. The van der Waals surface area contributed by atoms with E-state index in [1.807, 2.05) is 20.8 Å². The van der Waals surface area contributed by atoms with E-state index in [4.69, 9.17) is 9.47 Å². The van der Waals surface area contributed by atoms with Crippen molar-refractivity contribution < 1.29 is 27.5 Å². The van der Waals surface area contributed by atoms with Crippen molar-refractivity contribution in [1.29, 1.82) is 0 Å². The van der Waals surface area contributed by atoms with Crippen LogP contribution in [0.2, 0.25) is 0 Å². The van der Waals surface area contributed by atoms with Crippen LogP contribution in [0.4, 0.5) is 5.82 Å². The maximum Gasteiger partial charge on any atom is 0.355 e. The Bertz CT molecular complexity index is 1420. The summed E-state index contributed by atoms with van der Waals surface area (Å²) in [5.74, 6) is -0.607. The van der Waals surface area contributed by atoms with Gasteiger partial charge in [0.2, 0.25) is 0 Å². The molecule has 37 heavy (non-hydrogen) atoms. The van der Waals surface area contributed by atoms with E-state index < -0.39 is 16.0 Å². The quantitative estimate of drug-likeness (QED) is 0.403. The zero-order valence-corrected chi connectivity index (χ0v) is 23.0. The molecule has 1 aromatic carbocycles. The van der Waals surface area contributed by atoms with Gasteiger partial charge in [0, 0.05) is 24.9 Å². The molecule has 1 atom stereocenters. The summed E-state index contributed by atoms with van der Waals surface area (Å²) in [6.07, 6.45) is 3.78. The van der Waals surface area contributed by atoms with Gasteiger partial charge in [-0.3, -0.25) is 4.79 Å². The molecule has 0 fully saturated rings. The topological polar surface area (TPSA) is 117 Å². The van der Waals surface area contributed by atoms with Crippen LogP contribution in [0.15, 0.2) is 41.6 Å². The number of aryl methyl sites for hydroxylation is 4. The SMILES string of the molecule is CC[C@@H](COC(C)=O)Nc1cc(-c2cc(C(=O)OC)n(S(=O)(=O)c3c(C)cc(C)cc3C)c2)c(C)cn1. The summed E-state index contributed by atoms with van der Waals surface area (Å²) >= 11 is 0. The first-order valence-electron chi connectivity index (χ1n) is 11.9. The smallest absolute Gasteiger partial charge is 0.355 e. The van der Waals surface area contributed by atoms with Crippen LogP contribution in [-0.4, -0.2) is 49.1 Å². The number of aromatic nitrogens is 2. The lowest BCUT2D eigenvalue weighted by Gasteiger charge is -2.18. The molecule has 0 aliphatic carbocycles. The van der Waals surface area contributed by atoms with E-state index in [-0.39, 0.29) is 29.2 Å². The number of methoxy groups -OCH3 is 1. The molecule has 0 bridgehead atoms. The Hall–Kier alpha value is -3.66. The summed E-state index contributed by atoms with van der Waals surface area (Å²) in [6.45, 7) is 10.7. The van der Waals surface area contributed by atoms with Gasteiger partial charge in [0.05, 0.1) is 18.0 Å². The molecule has 0 unspecified atom stereocenters. The van der Waals surface area contributed by atoms with Gasteiger partial charge >= 0.3 is 11.9 Å². The van der Waals surface area contributed by atoms with Gasteiger partial charge in [0.1, 0.15) is 18.1 Å². The Morgan fingerprint density at radius 1 is 1.05 bits per heavy atom. The highest BCUT2D eigenvalue weighted by Gasteiger charge is 2.28. The second-order valence-corrected chi connectivity index (χ2v) is 10.8. The Kier molecular flexibility index (Phi) is 8.42. The fourth-order valence-electron chi connectivity index (χ4n) is 4.32. The lowest BCUT2D eigenvalue weighted by molar-refractivity contribution is -0.141. The van der Waals surface area contributed by atoms with Crippen LogP contribution in [-0.2, 0) is 24.3 Å². The summed E-state index contributed by atoms with van der Waals surface area (Å²) in [5.41, 5.74) is 4.01. The number of esters is 2. The first kappa shape index (κ1) is 27.9. The fourth-order valence-corrected chi connectivity index (χ4v) is 6.08. The molecule has 0 spiro atoms. The number of carbonyl (C=O) groups excluding carboxylic acids is 2. The number of benzene rings is 1. The average molecular weight is 528 g/mol. The third kappa shape index (κ3) is 6.02. The van der Waals surface area contributed by atoms with E-state index in [9.17, 15) is 18.0 Å². The third-order valence-electron chi connectivity index (χ3n) is 6.05. The van der Waals surface area contributed by atoms with E-state index >= 15 is 0 Å². The molecule has 0 saturated carbocycles. The van der Waals surface area contributed by atoms with Gasteiger partial charge < -0.3 is 14.8 Å². The molecule has 0 aliphatic rings. The zero-order chi connectivity index (χ0) is 27.5. The van der Waals surface area contributed by atoms with Crippen molar-refractivity contribution in [1.82, 2.24) is 8.96 Å². The Balaban J connectivity index is 2.11. The minimum atomic E-state index is -4.12. The number of hydrogen-bond donors (Lipinski definition) is 1. The van der Waals surface area contributed by atoms with Crippen LogP contribution in [0.5, 0.6) is 0 Å². The Morgan fingerprint density at radius 2 is 1.70 bits per heavy atom. The van der Waals surface area contributed by atoms with Crippen molar-refractivity contribution in [3.8, 4) is 11.1 Å². The first-order chi connectivity index (χ1) is 17.4. The van der Waals surface area contributed by atoms with E-state index in [0.29, 0.717) is 34.5 Å². The monoisotopic (exact) mass is 527 g/mol. The normalized spacial score (nSPS) is 12.2. The number of pyridine rings is 1. The van der Waals surface area contributed by atoms with Crippen molar-refractivity contribution in [2.75, 3.05) is 19.0 Å². The summed E-state index contributed by atoms with van der Waals surface area (Å²) in [7, 11) is -2.90. The molecule has 9 nitrogen and oxygen atoms in total. The maximum atomic E-state index is 13.8. The molecular formula is C27H33N3O6S. The molecule has 1 N–H and O–H groups in total. The minimum absolute atomic E-state index is 0.108. The predicted octanol–water partition coefficient (Wildman–Crippen LogP) is 4.56. The van der Waals surface area contributed by atoms with Crippen molar-refractivity contribution in [2.45, 2.75) is 58.9 Å². The molecule has 2 heterocycles. The molecule has 0 aliphatic heterocycles. The van der Waals surface area contributed by atoms with Gasteiger partial charge in [-0.1, -0.05) is 24.6 Å². The predicted molar refractivity (Wildman–Crippen MR) is 141 cm³/mol. The van der Waals surface area contributed by atoms with Crippen molar-refractivity contribution in [2.24, 2.45) is 0 Å². The van der Waals surface area contributed by atoms with Gasteiger partial charge in [-0.15, -0.1) is 0 Å². The van der Waals surface area contributed by atoms with Crippen LogP contribution in [0.3, 0.4) is 0 Å². The highest BCUT2D eigenvalue weighted by molar-refractivity contribution is 7.90. The summed E-state index contributed by atoms with van der Waals surface area (Å²) in [6, 6.07) is 6.72. The third-order valence-corrected chi connectivity index (χ3v) is 8.03. The Labute approximate surface area is 217 Å². The van der Waals surface area contributed by atoms with Gasteiger partial charge in [-0.05, 0) is 68.5 Å². The standard InChI is InChI=1S/C27H33N3O6S/c1-8-22(15-36-20(6)31)29-25-12-23(19(5)13-28-25)21-11-24(27(32)35-7)30(14-21)37(33,34)26-17(3)9-16(2)10-18(26)4/h9-14,22H,8,15H2,1-7H3,(H,28,29)/t22-/m0/s1. The second kappa shape index (κ2) is 11.2. The molecule has 0 saturated heterocycles. The van der Waals surface area contributed by atoms with Crippen LogP contribution in [0.25, 0.3) is 11.1 Å². The average Bonchev–Trinajstić information content (AvgIpc) is 3.27. The maximum absolute atomic E-state index is 13.8. The van der Waals surface area contributed by atoms with Crippen LogP contribution < -0.4 is 5.32 Å². The molecule has 3 rings (SSSR count). The number of nitrogens with zero attached hydrogens (tertiary/aromatic N) is 2. The Morgan fingerprint density at radius 3 is 2.27 bits per heavy atom. The van der Waals surface area contributed by atoms with Crippen molar-refractivity contribution in [3.63, 3.8) is 0 Å². The number of anilines is 1. The zero-order valence-electron chi connectivity index (χ0n) is 22.2. The molecule has 10 heteroatoms. The van der Waals surface area contributed by atoms with Gasteiger partial charge in [-0.25, -0.2) is 22.2 Å². The summed E-state index contributed by atoms with van der Waals surface area (Å²) < 4.78 is 38.7. The van der Waals surface area contributed by atoms with Crippen LogP contribution in [0.1, 0.15) is 53.0 Å². The van der Waals surface area contributed by atoms with E-state index in [0.717, 1.165) is 15.1 Å². The van der Waals surface area contributed by atoms with Gasteiger partial charge in [-0.2, -0.15) is 0 Å². The van der Waals surface area contributed by atoms with Gasteiger partial charge in [0.25, 0.3) is 10.0 Å². The largest absolute Gasteiger partial charge is 0.464 e. The molecule has 0 radical (unpaired) electrons. The van der Waals surface area contributed by atoms with Crippen molar-refractivity contribution in [3.05, 3.63) is 64.6 Å². The molecule has 3 aromatic rings. The summed E-state index contributed by atoms with van der Waals surface area (Å²) in [5, 5.41) is 3.25. The lowest BCUT2D eigenvalue weighted by Crippen LogP contribution is -2.26. The minimum Gasteiger partial charge on any atom is -0.464 e. The van der Waals surface area contributed by atoms with E-state index in [1.54, 1.807) is 38.2 Å². The van der Waals surface area contributed by atoms with E-state index in [1.165, 1.54) is 26.3 Å². The highest BCUT2D eigenvalue weighted by Crippen LogP contribution is 2.32. The van der Waals surface area contributed by atoms with Crippen molar-refractivity contribution >= 4 is 27.8 Å².